The number of hydrogen-bond donors (Lipinski definition) is 2. The van der Waals surface area contributed by atoms with Crippen LogP contribution in [0.25, 0.3) is 0 Å². The number of nitrogens with one attached hydrogen (secondary N) is 1. The molecule has 0 unspecified atom stereocenters. The Hall–Kier alpha value is -0.980. The Balaban J connectivity index is 2.53. The normalized spacial score (nSPS) is 14.8. The van der Waals surface area contributed by atoms with Crippen molar-refractivity contribution in [2.45, 2.75) is 0 Å². The molecular formula is C7H11N3O2S. The molecule has 0 saturated heterocycles. The molecule has 72 valence electrons. The molecule has 1 aliphatic rings. The van der Waals surface area contributed by atoms with Gasteiger partial charge in [0, 0.05) is 25.8 Å². The number of rotatable bonds is 4. The third kappa shape index (κ3) is 3.10. The van der Waals surface area contributed by atoms with E-state index in [1.54, 1.807) is 0 Å². The minimum atomic E-state index is -2.18. The second-order valence-electron chi connectivity index (χ2n) is 2.50. The largest absolute Gasteiger partial charge is 0.329 e. The highest BCUT2D eigenvalue weighted by Gasteiger charge is 2.04. The lowest BCUT2D eigenvalue weighted by atomic mass is 10.4. The molecule has 0 aromatic rings. The molecule has 5 nitrogen and oxygen atoms in total. The maximum absolute atomic E-state index is 10.5. The first-order valence-electron chi connectivity index (χ1n) is 3.85. The van der Waals surface area contributed by atoms with Gasteiger partial charge in [-0.25, -0.2) is 0 Å². The predicted octanol–water partition coefficient (Wildman–Crippen LogP) is -1.45. The van der Waals surface area contributed by atoms with Crippen LogP contribution in [0.4, 0.5) is 0 Å². The number of nitrogens with zero attached hydrogens (tertiary/aromatic N) is 1. The Bertz CT molecular complexity index is 359. The molecule has 1 rings (SSSR count). The molecule has 0 spiro atoms. The van der Waals surface area contributed by atoms with Gasteiger partial charge in [0.25, 0.3) is 0 Å². The summed E-state index contributed by atoms with van der Waals surface area (Å²) in [5, 5.41) is 3.02. The first kappa shape index (κ1) is 10.1. The monoisotopic (exact) mass is 201 g/mol. The van der Waals surface area contributed by atoms with Crippen LogP contribution >= 0.6 is 0 Å². The zero-order valence-electron chi connectivity index (χ0n) is 7.03. The van der Waals surface area contributed by atoms with Gasteiger partial charge in [-0.3, -0.25) is 4.99 Å². The summed E-state index contributed by atoms with van der Waals surface area (Å²) in [6.45, 7) is 1.80. The van der Waals surface area contributed by atoms with E-state index in [2.05, 4.69) is 10.3 Å². The fourth-order valence-corrected chi connectivity index (χ4v) is 1.26. The molecular weight excluding hydrogens is 190 g/mol. The van der Waals surface area contributed by atoms with Crippen LogP contribution in [0.2, 0.25) is 0 Å². The van der Waals surface area contributed by atoms with Crippen LogP contribution in [0.1, 0.15) is 0 Å². The van der Waals surface area contributed by atoms with Gasteiger partial charge in [-0.05, 0) is 6.08 Å². The standard InChI is InChI=1S/C7H11N3O2S/c8-1-2-9-4-6-3-7(5-10-6)13(11)12/h3,5,9H,1-2,4,8H2. The lowest BCUT2D eigenvalue weighted by molar-refractivity contribution is 0.627. The highest BCUT2D eigenvalue weighted by Crippen LogP contribution is 2.00. The van der Waals surface area contributed by atoms with Crippen molar-refractivity contribution in [3.05, 3.63) is 11.8 Å². The molecule has 0 bridgehead atoms. The van der Waals surface area contributed by atoms with Crippen LogP contribution in [-0.4, -0.2) is 39.1 Å². The quantitative estimate of drug-likeness (QED) is 0.431. The van der Waals surface area contributed by atoms with Crippen molar-refractivity contribution in [3.8, 4) is 0 Å². The highest BCUT2D eigenvalue weighted by atomic mass is 32.2. The van der Waals surface area contributed by atoms with Gasteiger partial charge in [0.2, 0.25) is 10.3 Å². The van der Waals surface area contributed by atoms with Crippen molar-refractivity contribution in [3.63, 3.8) is 0 Å². The van der Waals surface area contributed by atoms with Crippen LogP contribution in [-0.2, 0) is 10.3 Å². The third-order valence-electron chi connectivity index (χ3n) is 1.49. The lowest BCUT2D eigenvalue weighted by Crippen LogP contribution is -2.23. The van der Waals surface area contributed by atoms with Crippen molar-refractivity contribution in [2.75, 3.05) is 19.6 Å². The zero-order valence-corrected chi connectivity index (χ0v) is 7.84. The SMILES string of the molecule is NCCNCC1=CC(=S(=O)=O)C=N1. The number of allylic oxidation sites excluding steroid dienone is 1. The summed E-state index contributed by atoms with van der Waals surface area (Å²) in [5.74, 6) is 0. The van der Waals surface area contributed by atoms with Gasteiger partial charge in [0.15, 0.2) is 0 Å². The van der Waals surface area contributed by atoms with Gasteiger partial charge in [0.05, 0.1) is 5.70 Å². The number of nitrogens with two attached hydrogens (primary N) is 1. The van der Waals surface area contributed by atoms with Crippen LogP contribution in [0.5, 0.6) is 0 Å². The molecule has 0 radical (unpaired) electrons. The molecule has 13 heavy (non-hydrogen) atoms. The fraction of sp³-hybridized carbons (Fsp3) is 0.429. The Labute approximate surface area is 77.9 Å². The van der Waals surface area contributed by atoms with E-state index in [-0.39, 0.29) is 4.86 Å². The molecule has 0 amide bonds. The van der Waals surface area contributed by atoms with E-state index in [0.29, 0.717) is 25.3 Å². The average molecular weight is 201 g/mol. The summed E-state index contributed by atoms with van der Waals surface area (Å²) < 4.78 is 20.9. The van der Waals surface area contributed by atoms with E-state index in [4.69, 9.17) is 5.73 Å². The maximum atomic E-state index is 10.5. The first-order valence-corrected chi connectivity index (χ1v) is 4.93. The highest BCUT2D eigenvalue weighted by molar-refractivity contribution is 7.75. The Morgan fingerprint density at radius 2 is 2.31 bits per heavy atom. The summed E-state index contributed by atoms with van der Waals surface area (Å²) >= 11 is 0. The van der Waals surface area contributed by atoms with Crippen molar-refractivity contribution in [1.82, 2.24) is 5.32 Å². The Kier molecular flexibility index (Phi) is 3.81. The molecule has 0 aliphatic carbocycles. The van der Waals surface area contributed by atoms with Crippen molar-refractivity contribution >= 4 is 21.4 Å². The minimum absolute atomic E-state index is 0.226. The summed E-state index contributed by atoms with van der Waals surface area (Å²) in [5.41, 5.74) is 5.98. The van der Waals surface area contributed by atoms with Crippen LogP contribution in [0, 0.1) is 0 Å². The second-order valence-corrected chi connectivity index (χ2v) is 3.44. The van der Waals surface area contributed by atoms with E-state index < -0.39 is 10.3 Å². The molecule has 0 fully saturated rings. The van der Waals surface area contributed by atoms with Gasteiger partial charge in [-0.15, -0.1) is 0 Å². The third-order valence-corrected chi connectivity index (χ3v) is 2.09. The first-order chi connectivity index (χ1) is 6.24. The summed E-state index contributed by atoms with van der Waals surface area (Å²) in [4.78, 5) is 4.14. The maximum Gasteiger partial charge on any atom is 0.223 e. The van der Waals surface area contributed by atoms with Crippen LogP contribution in [0.3, 0.4) is 0 Å². The van der Waals surface area contributed by atoms with E-state index in [1.165, 1.54) is 12.3 Å². The van der Waals surface area contributed by atoms with Gasteiger partial charge in [-0.1, -0.05) is 0 Å². The molecule has 6 heteroatoms. The molecule has 0 saturated carbocycles. The molecule has 0 aromatic heterocycles. The molecule has 1 heterocycles. The van der Waals surface area contributed by atoms with E-state index in [1.807, 2.05) is 0 Å². The molecule has 0 aromatic carbocycles. The van der Waals surface area contributed by atoms with Gasteiger partial charge in [0.1, 0.15) is 4.86 Å². The Morgan fingerprint density at radius 1 is 1.54 bits per heavy atom. The van der Waals surface area contributed by atoms with Crippen LogP contribution in [0.15, 0.2) is 16.8 Å². The van der Waals surface area contributed by atoms with E-state index in [9.17, 15) is 8.42 Å². The number of hydrogen-bond acceptors (Lipinski definition) is 5. The van der Waals surface area contributed by atoms with Gasteiger partial charge < -0.3 is 11.1 Å². The molecule has 3 N–H and O–H groups in total. The van der Waals surface area contributed by atoms with Crippen LogP contribution < -0.4 is 11.1 Å². The van der Waals surface area contributed by atoms with Gasteiger partial charge in [-0.2, -0.15) is 8.42 Å². The second kappa shape index (κ2) is 4.90. The van der Waals surface area contributed by atoms with Crippen molar-refractivity contribution < 1.29 is 8.42 Å². The van der Waals surface area contributed by atoms with Crippen molar-refractivity contribution in [2.24, 2.45) is 10.7 Å². The molecule has 0 atom stereocenters. The smallest absolute Gasteiger partial charge is 0.223 e. The van der Waals surface area contributed by atoms with Gasteiger partial charge >= 0.3 is 0 Å². The Morgan fingerprint density at radius 3 is 2.85 bits per heavy atom. The molecule has 1 aliphatic heterocycles. The summed E-state index contributed by atoms with van der Waals surface area (Å²) in [6.07, 6.45) is 2.87. The van der Waals surface area contributed by atoms with E-state index >= 15 is 0 Å². The predicted molar refractivity (Wildman–Crippen MR) is 52.4 cm³/mol. The summed E-state index contributed by atoms with van der Waals surface area (Å²) in [7, 11) is -2.18. The summed E-state index contributed by atoms with van der Waals surface area (Å²) in [6, 6.07) is 0. The number of aliphatic imine (C=N–C) groups is 1. The average Bonchev–Trinajstić information content (AvgIpc) is 2.53. The zero-order chi connectivity index (χ0) is 9.68. The van der Waals surface area contributed by atoms with Crippen molar-refractivity contribution in [1.29, 1.82) is 0 Å². The topological polar surface area (TPSA) is 84.5 Å². The fourth-order valence-electron chi connectivity index (χ4n) is 0.892. The minimum Gasteiger partial charge on any atom is -0.329 e. The lowest BCUT2D eigenvalue weighted by Gasteiger charge is -1.99. The van der Waals surface area contributed by atoms with E-state index in [0.717, 1.165) is 0 Å².